The summed E-state index contributed by atoms with van der Waals surface area (Å²) in [5, 5.41) is 0.480. The Morgan fingerprint density at radius 1 is 0.800 bits per heavy atom. The largest absolute Gasteiger partial charge is 0.299 e. The van der Waals surface area contributed by atoms with Gasteiger partial charge in [-0.05, 0) is 59.8 Å². The SMILES string of the molecule is CC(C)=CCC/C(C)=C/CC/C(C)=C/CCC(=O)CBr. The average molecular weight is 341 g/mol. The molecule has 0 atom stereocenters. The van der Waals surface area contributed by atoms with E-state index in [0.29, 0.717) is 11.8 Å². The van der Waals surface area contributed by atoms with Crippen LogP contribution in [-0.2, 0) is 4.79 Å². The van der Waals surface area contributed by atoms with Gasteiger partial charge in [-0.1, -0.05) is 50.9 Å². The molecule has 0 aliphatic rings. The van der Waals surface area contributed by atoms with E-state index >= 15 is 0 Å². The molecule has 0 rings (SSSR count). The van der Waals surface area contributed by atoms with Gasteiger partial charge in [0.15, 0.2) is 0 Å². The van der Waals surface area contributed by atoms with Crippen molar-refractivity contribution in [3.05, 3.63) is 34.9 Å². The molecular weight excluding hydrogens is 312 g/mol. The molecule has 0 aromatic rings. The molecular formula is C18H29BrO. The molecule has 0 saturated heterocycles. The van der Waals surface area contributed by atoms with Crippen molar-refractivity contribution in [2.75, 3.05) is 5.33 Å². The molecule has 1 nitrogen and oxygen atoms in total. The van der Waals surface area contributed by atoms with Gasteiger partial charge in [0.05, 0.1) is 5.33 Å². The molecule has 114 valence electrons. The summed E-state index contributed by atoms with van der Waals surface area (Å²) in [4.78, 5) is 11.2. The molecule has 0 unspecified atom stereocenters. The highest BCUT2D eigenvalue weighted by molar-refractivity contribution is 9.09. The molecule has 0 amide bonds. The van der Waals surface area contributed by atoms with Crippen molar-refractivity contribution < 1.29 is 4.79 Å². The van der Waals surface area contributed by atoms with Crippen LogP contribution in [0.3, 0.4) is 0 Å². The predicted molar refractivity (Wildman–Crippen MR) is 93.4 cm³/mol. The summed E-state index contributed by atoms with van der Waals surface area (Å²) in [5.74, 6) is 0.282. The van der Waals surface area contributed by atoms with Gasteiger partial charge in [0, 0.05) is 6.42 Å². The Kier molecular flexibility index (Phi) is 11.8. The van der Waals surface area contributed by atoms with Gasteiger partial charge in [-0.15, -0.1) is 0 Å². The van der Waals surface area contributed by atoms with E-state index in [0.717, 1.165) is 32.1 Å². The number of carbonyl (C=O) groups is 1. The van der Waals surface area contributed by atoms with Crippen molar-refractivity contribution >= 4 is 21.7 Å². The van der Waals surface area contributed by atoms with E-state index in [-0.39, 0.29) is 5.78 Å². The highest BCUT2D eigenvalue weighted by Crippen LogP contribution is 2.12. The number of ketones is 1. The second-order valence-corrected chi connectivity index (χ2v) is 6.23. The molecule has 0 radical (unpaired) electrons. The van der Waals surface area contributed by atoms with Crippen LogP contribution in [0.2, 0.25) is 0 Å². The minimum Gasteiger partial charge on any atom is -0.299 e. The van der Waals surface area contributed by atoms with Crippen LogP contribution in [0.4, 0.5) is 0 Å². The Morgan fingerprint density at radius 2 is 1.25 bits per heavy atom. The first-order valence-corrected chi connectivity index (χ1v) is 8.60. The van der Waals surface area contributed by atoms with Crippen LogP contribution in [-0.4, -0.2) is 11.1 Å². The number of halogens is 1. The van der Waals surface area contributed by atoms with Crippen molar-refractivity contribution in [1.82, 2.24) is 0 Å². The zero-order chi connectivity index (χ0) is 15.4. The Hall–Kier alpha value is -0.630. The lowest BCUT2D eigenvalue weighted by Crippen LogP contribution is -1.96. The molecule has 0 N–H and O–H groups in total. The minimum absolute atomic E-state index is 0.282. The summed E-state index contributed by atoms with van der Waals surface area (Å²) in [6.45, 7) is 8.67. The first kappa shape index (κ1) is 19.4. The van der Waals surface area contributed by atoms with Crippen molar-refractivity contribution in [3.63, 3.8) is 0 Å². The predicted octanol–water partition coefficient (Wildman–Crippen LogP) is 6.15. The van der Waals surface area contributed by atoms with Crippen LogP contribution in [0.25, 0.3) is 0 Å². The van der Waals surface area contributed by atoms with Gasteiger partial charge in [0.2, 0.25) is 0 Å². The standard InChI is InChI=1S/C18H29BrO/c1-15(2)8-5-9-16(3)10-6-11-17(4)12-7-13-18(20)14-19/h8,10,12H,5-7,9,11,13-14H2,1-4H3/b16-10+,17-12+. The van der Waals surface area contributed by atoms with Gasteiger partial charge in [-0.2, -0.15) is 0 Å². The molecule has 2 heteroatoms. The van der Waals surface area contributed by atoms with Gasteiger partial charge in [-0.3, -0.25) is 4.79 Å². The average Bonchev–Trinajstić information content (AvgIpc) is 2.38. The minimum atomic E-state index is 0.282. The van der Waals surface area contributed by atoms with Gasteiger partial charge in [0.1, 0.15) is 5.78 Å². The molecule has 0 heterocycles. The van der Waals surface area contributed by atoms with Gasteiger partial charge in [0.25, 0.3) is 0 Å². The summed E-state index contributed by atoms with van der Waals surface area (Å²) in [6.07, 6.45) is 12.9. The van der Waals surface area contributed by atoms with E-state index in [1.807, 2.05) is 0 Å². The Balaban J connectivity index is 3.88. The molecule has 0 spiro atoms. The van der Waals surface area contributed by atoms with Crippen LogP contribution < -0.4 is 0 Å². The first-order chi connectivity index (χ1) is 9.45. The molecule has 0 bridgehead atoms. The van der Waals surface area contributed by atoms with Crippen molar-refractivity contribution in [2.45, 2.75) is 66.2 Å². The normalized spacial score (nSPS) is 12.4. The van der Waals surface area contributed by atoms with E-state index in [1.54, 1.807) is 0 Å². The lowest BCUT2D eigenvalue weighted by Gasteiger charge is -2.01. The maximum atomic E-state index is 11.2. The Morgan fingerprint density at radius 3 is 1.70 bits per heavy atom. The number of allylic oxidation sites excluding steroid dienone is 6. The lowest BCUT2D eigenvalue weighted by molar-refractivity contribution is -0.116. The zero-order valence-electron chi connectivity index (χ0n) is 13.5. The Bertz CT molecular complexity index is 371. The second-order valence-electron chi connectivity index (χ2n) is 5.67. The smallest absolute Gasteiger partial charge is 0.143 e. The van der Waals surface area contributed by atoms with Crippen LogP contribution in [0.15, 0.2) is 34.9 Å². The number of hydrogen-bond acceptors (Lipinski definition) is 1. The number of carbonyl (C=O) groups excluding carboxylic acids is 1. The molecule has 0 aromatic carbocycles. The summed E-state index contributed by atoms with van der Waals surface area (Å²) < 4.78 is 0. The Labute approximate surface area is 133 Å². The third-order valence-electron chi connectivity index (χ3n) is 3.19. The number of alkyl halides is 1. The van der Waals surface area contributed by atoms with E-state index < -0.39 is 0 Å². The summed E-state index contributed by atoms with van der Waals surface area (Å²) in [7, 11) is 0. The first-order valence-electron chi connectivity index (χ1n) is 7.48. The zero-order valence-corrected chi connectivity index (χ0v) is 15.1. The fourth-order valence-corrected chi connectivity index (χ4v) is 2.17. The lowest BCUT2D eigenvalue weighted by atomic mass is 10.1. The van der Waals surface area contributed by atoms with Gasteiger partial charge < -0.3 is 0 Å². The van der Waals surface area contributed by atoms with Crippen LogP contribution in [0.5, 0.6) is 0 Å². The second kappa shape index (κ2) is 12.1. The van der Waals surface area contributed by atoms with Crippen molar-refractivity contribution in [1.29, 1.82) is 0 Å². The topological polar surface area (TPSA) is 17.1 Å². The van der Waals surface area contributed by atoms with Crippen molar-refractivity contribution in [3.8, 4) is 0 Å². The summed E-state index contributed by atoms with van der Waals surface area (Å²) >= 11 is 3.19. The van der Waals surface area contributed by atoms with Gasteiger partial charge in [-0.25, -0.2) is 0 Å². The monoisotopic (exact) mass is 340 g/mol. The van der Waals surface area contributed by atoms with E-state index in [2.05, 4.69) is 61.9 Å². The molecule has 0 fully saturated rings. The van der Waals surface area contributed by atoms with E-state index in [4.69, 9.17) is 0 Å². The van der Waals surface area contributed by atoms with Crippen LogP contribution in [0.1, 0.15) is 66.2 Å². The van der Waals surface area contributed by atoms with Crippen molar-refractivity contribution in [2.24, 2.45) is 0 Å². The molecule has 0 aliphatic heterocycles. The number of hydrogen-bond donors (Lipinski definition) is 0. The highest BCUT2D eigenvalue weighted by atomic mass is 79.9. The van der Waals surface area contributed by atoms with E-state index in [9.17, 15) is 4.79 Å². The quantitative estimate of drug-likeness (QED) is 0.344. The maximum Gasteiger partial charge on any atom is 0.143 e. The van der Waals surface area contributed by atoms with Crippen LogP contribution in [0, 0.1) is 0 Å². The highest BCUT2D eigenvalue weighted by Gasteiger charge is 1.97. The number of Topliss-reactive ketones (excluding diaryl/α,β-unsaturated/α-hetero) is 1. The van der Waals surface area contributed by atoms with Crippen LogP contribution >= 0.6 is 15.9 Å². The third kappa shape index (κ3) is 12.4. The third-order valence-corrected chi connectivity index (χ3v) is 3.81. The van der Waals surface area contributed by atoms with E-state index in [1.165, 1.54) is 16.7 Å². The van der Waals surface area contributed by atoms with Gasteiger partial charge >= 0.3 is 0 Å². The number of rotatable bonds is 10. The molecule has 20 heavy (non-hydrogen) atoms. The maximum absolute atomic E-state index is 11.2. The summed E-state index contributed by atoms with van der Waals surface area (Å²) in [5.41, 5.74) is 4.26. The fourth-order valence-electron chi connectivity index (χ4n) is 1.89. The molecule has 0 saturated carbocycles. The fraction of sp³-hybridized carbons (Fsp3) is 0.611. The molecule has 0 aliphatic carbocycles. The molecule has 0 aromatic heterocycles. The summed E-state index contributed by atoms with van der Waals surface area (Å²) in [6, 6.07) is 0.